The van der Waals surface area contributed by atoms with Crippen molar-refractivity contribution in [2.24, 2.45) is 0 Å². The third-order valence-corrected chi connectivity index (χ3v) is 28.5. The van der Waals surface area contributed by atoms with Crippen LogP contribution in [0.15, 0.2) is 18.2 Å². The van der Waals surface area contributed by atoms with E-state index >= 15 is 0 Å². The monoisotopic (exact) mass is 1990 g/mol. The second-order valence-corrected chi connectivity index (χ2v) is 41.5. The standard InChI is InChI=1S/C120H222N6O15/c1-13-25-55-76-106(19-7)136-112(127)82-61-43-31-37-49-67-91-124(92-68-50-38-32-44-62-83-113(128)137-107(20-8)77-56-26-14-2)97-73-88-121-118(133)103-100-104(119(134)122-89-74-98-125(93-69-51-39-33-45-63-84-114(129)138-108(21-9)78-57-27-15-3)94-70-52-40-34-46-64-85-115(130)139-109(22-10)79-58-28-16-4)102-105(101-103)120(135)123-90-75-99-126(95-71-53-41-35-47-65-86-116(131)140-110(23-11)80-59-29-17-5)96-72-54-42-36-48-66-87-117(132)141-111(24-12)81-60-30-18-6/h100-102,106-111H,13-99H2,1-12H3,(H,121,133)(H,122,134)(H,123,135). The zero-order chi connectivity index (χ0) is 103. The number of unbranched alkanes of at least 4 members (excludes halogenated alkanes) is 42. The van der Waals surface area contributed by atoms with Gasteiger partial charge in [-0.05, 0) is 289 Å². The molecule has 0 aromatic heterocycles. The van der Waals surface area contributed by atoms with Crippen LogP contribution in [0.4, 0.5) is 0 Å². The predicted molar refractivity (Wildman–Crippen MR) is 586 cm³/mol. The minimum atomic E-state index is -0.333. The lowest BCUT2D eigenvalue weighted by atomic mass is 10.0. The average molecular weight is 1990 g/mol. The van der Waals surface area contributed by atoms with Crippen LogP contribution in [0.2, 0.25) is 0 Å². The second kappa shape index (κ2) is 97.7. The molecule has 1 rings (SSSR count). The van der Waals surface area contributed by atoms with Crippen LogP contribution in [0.5, 0.6) is 0 Å². The Morgan fingerprint density at radius 1 is 0.191 bits per heavy atom. The molecule has 141 heavy (non-hydrogen) atoms. The molecule has 3 N–H and O–H groups in total. The lowest BCUT2D eigenvalue weighted by Gasteiger charge is -2.23. The molecule has 0 aliphatic carbocycles. The van der Waals surface area contributed by atoms with E-state index in [2.05, 4.69) is 114 Å². The second-order valence-electron chi connectivity index (χ2n) is 41.5. The third-order valence-electron chi connectivity index (χ3n) is 28.5. The Balaban J connectivity index is 3.52. The molecule has 21 nitrogen and oxygen atoms in total. The van der Waals surface area contributed by atoms with Crippen molar-refractivity contribution in [2.75, 3.05) is 78.5 Å². The predicted octanol–water partition coefficient (Wildman–Crippen LogP) is 30.7. The van der Waals surface area contributed by atoms with Crippen molar-refractivity contribution in [3.8, 4) is 0 Å². The Morgan fingerprint density at radius 3 is 0.482 bits per heavy atom. The summed E-state index contributed by atoms with van der Waals surface area (Å²) < 4.78 is 35.1. The normalized spacial score (nSPS) is 12.9. The fraction of sp³-hybridized carbons (Fsp3) is 0.875. The van der Waals surface area contributed by atoms with Gasteiger partial charge in [-0.25, -0.2) is 0 Å². The van der Waals surface area contributed by atoms with Crippen LogP contribution in [-0.4, -0.2) is 183 Å². The summed E-state index contributed by atoms with van der Waals surface area (Å²) in [5, 5.41) is 9.61. The maximum Gasteiger partial charge on any atom is 0.306 e. The Bertz CT molecular complexity index is 2660. The van der Waals surface area contributed by atoms with Crippen LogP contribution >= 0.6 is 0 Å². The summed E-state index contributed by atoms with van der Waals surface area (Å²) in [4.78, 5) is 128. The zero-order valence-electron chi connectivity index (χ0n) is 93.7. The van der Waals surface area contributed by atoms with E-state index < -0.39 is 0 Å². The highest BCUT2D eigenvalue weighted by Crippen LogP contribution is 2.24. The van der Waals surface area contributed by atoms with Gasteiger partial charge in [0.05, 0.1) is 0 Å². The lowest BCUT2D eigenvalue weighted by molar-refractivity contribution is -0.150. The minimum Gasteiger partial charge on any atom is -0.462 e. The molecular formula is C120H222N6O15. The molecule has 3 amide bonds. The number of hydrogen-bond acceptors (Lipinski definition) is 18. The minimum absolute atomic E-state index is 0.0224. The van der Waals surface area contributed by atoms with E-state index in [9.17, 15) is 43.2 Å². The number of carbonyl (C=O) groups is 9. The Labute approximate surface area is 865 Å². The summed E-state index contributed by atoms with van der Waals surface area (Å²) in [5.41, 5.74) is 0.789. The van der Waals surface area contributed by atoms with Gasteiger partial charge < -0.3 is 59.1 Å². The molecule has 0 saturated heterocycles. The molecule has 0 spiro atoms. The first-order valence-corrected chi connectivity index (χ1v) is 60.1. The molecule has 0 fully saturated rings. The molecule has 822 valence electrons. The summed E-state index contributed by atoms with van der Waals surface area (Å²) in [6, 6.07) is 4.91. The number of carbonyl (C=O) groups excluding carboxylic acids is 9. The lowest BCUT2D eigenvalue weighted by Crippen LogP contribution is -2.33. The number of benzene rings is 1. The molecule has 21 heteroatoms. The topological polar surface area (TPSA) is 255 Å². The number of ether oxygens (including phenoxy) is 6. The van der Waals surface area contributed by atoms with Gasteiger partial charge in [-0.15, -0.1) is 0 Å². The molecular weight excluding hydrogens is 1770 g/mol. The maximum absolute atomic E-state index is 14.6. The number of rotatable bonds is 105. The van der Waals surface area contributed by atoms with Gasteiger partial charge in [0.25, 0.3) is 17.7 Å². The van der Waals surface area contributed by atoms with Crippen molar-refractivity contribution in [3.63, 3.8) is 0 Å². The molecule has 6 unspecified atom stereocenters. The van der Waals surface area contributed by atoms with Gasteiger partial charge in [-0.2, -0.15) is 0 Å². The van der Waals surface area contributed by atoms with Gasteiger partial charge in [0.1, 0.15) is 36.6 Å². The van der Waals surface area contributed by atoms with Gasteiger partial charge in [-0.3, -0.25) is 43.2 Å². The number of nitrogens with one attached hydrogen (secondary N) is 3. The van der Waals surface area contributed by atoms with Gasteiger partial charge in [0.15, 0.2) is 0 Å². The van der Waals surface area contributed by atoms with Crippen LogP contribution in [0, 0.1) is 0 Å². The molecule has 0 aliphatic rings. The molecule has 0 saturated carbocycles. The van der Waals surface area contributed by atoms with Gasteiger partial charge in [0.2, 0.25) is 0 Å². The smallest absolute Gasteiger partial charge is 0.306 e. The highest BCUT2D eigenvalue weighted by atomic mass is 16.6. The van der Waals surface area contributed by atoms with Crippen molar-refractivity contribution in [1.82, 2.24) is 30.7 Å². The van der Waals surface area contributed by atoms with Crippen LogP contribution in [0.25, 0.3) is 0 Å². The molecule has 0 aliphatic heterocycles. The van der Waals surface area contributed by atoms with E-state index in [-0.39, 0.29) is 107 Å². The van der Waals surface area contributed by atoms with E-state index in [1.165, 1.54) is 0 Å². The number of nitrogens with zero attached hydrogens (tertiary/aromatic N) is 3. The van der Waals surface area contributed by atoms with Crippen molar-refractivity contribution in [1.29, 1.82) is 0 Å². The summed E-state index contributed by atoms with van der Waals surface area (Å²) in [7, 11) is 0. The Morgan fingerprint density at radius 2 is 0.333 bits per heavy atom. The molecule has 1 aromatic carbocycles. The highest BCUT2D eigenvalue weighted by molar-refractivity contribution is 6.04. The van der Waals surface area contributed by atoms with Crippen molar-refractivity contribution >= 4 is 53.5 Å². The molecule has 0 heterocycles. The first kappa shape index (κ1) is 133. The summed E-state index contributed by atoms with van der Waals surface area (Å²) in [6.07, 6.45) is 73.7. The molecule has 0 radical (unpaired) electrons. The fourth-order valence-corrected chi connectivity index (χ4v) is 19.0. The summed E-state index contributed by atoms with van der Waals surface area (Å²) in [6.45, 7) is 35.2. The van der Waals surface area contributed by atoms with Crippen molar-refractivity contribution in [2.45, 2.75) is 601 Å². The third kappa shape index (κ3) is 80.1. The van der Waals surface area contributed by atoms with Crippen LogP contribution in [0.3, 0.4) is 0 Å². The first-order chi connectivity index (χ1) is 68.8. The SMILES string of the molecule is CCCCCC(CC)OC(=O)CCCCCCCCN(CCCCCCCCC(=O)OC(CC)CCCCC)CCCNC(=O)c1cc(C(=O)NCCCN(CCCCCCCCC(=O)OC(CC)CCCCC)CCCCCCCCC(=O)OC(CC)CCCCC)cc(C(=O)NCCCN(CCCCCCCCC(=O)OC(CC)CCCCC)CCCCCCCCC(=O)OC(CC)CCCCC)c1. The highest BCUT2D eigenvalue weighted by Gasteiger charge is 2.23. The molecule has 0 bridgehead atoms. The maximum atomic E-state index is 14.6. The number of hydrogen-bond donors (Lipinski definition) is 3. The van der Waals surface area contributed by atoms with Gasteiger partial charge >= 0.3 is 35.8 Å². The largest absolute Gasteiger partial charge is 0.462 e. The summed E-state index contributed by atoms with van der Waals surface area (Å²) in [5.74, 6) is -1.39. The number of esters is 6. The van der Waals surface area contributed by atoms with Crippen molar-refractivity contribution in [3.05, 3.63) is 34.9 Å². The van der Waals surface area contributed by atoms with Crippen LogP contribution in [0.1, 0.15) is 596 Å². The van der Waals surface area contributed by atoms with E-state index in [1.54, 1.807) is 18.2 Å². The van der Waals surface area contributed by atoms with E-state index in [1.807, 2.05) is 0 Å². The van der Waals surface area contributed by atoms with Gasteiger partial charge in [-0.1, -0.05) is 314 Å². The quantitative estimate of drug-likeness (QED) is 0.0311. The Kier molecular flexibility index (Phi) is 92.4. The van der Waals surface area contributed by atoms with E-state index in [0.29, 0.717) is 58.2 Å². The first-order valence-electron chi connectivity index (χ1n) is 60.1. The fourth-order valence-electron chi connectivity index (χ4n) is 19.0. The molecule has 1 aromatic rings. The van der Waals surface area contributed by atoms with Crippen LogP contribution < -0.4 is 16.0 Å². The zero-order valence-corrected chi connectivity index (χ0v) is 93.7. The van der Waals surface area contributed by atoms with Crippen LogP contribution in [-0.2, 0) is 57.2 Å². The number of amides is 3. The average Bonchev–Trinajstić information content (AvgIpc) is 0.824. The molecule has 6 atom stereocenters. The van der Waals surface area contributed by atoms with Gasteiger partial charge in [0, 0.05) is 74.8 Å². The van der Waals surface area contributed by atoms with E-state index in [4.69, 9.17) is 28.4 Å². The Hall–Kier alpha value is -5.67. The van der Waals surface area contributed by atoms with E-state index in [0.717, 1.165) is 502 Å². The van der Waals surface area contributed by atoms with Crippen molar-refractivity contribution < 1.29 is 71.6 Å². The summed E-state index contributed by atoms with van der Waals surface area (Å²) >= 11 is 0.